The molecule has 0 atom stereocenters. The zero-order valence-electron chi connectivity index (χ0n) is 11.1. The average Bonchev–Trinajstić information content (AvgIpc) is 2.35. The van der Waals surface area contributed by atoms with Gasteiger partial charge in [0.15, 0.2) is 0 Å². The molecule has 94 valence electrons. The normalized spacial score (nSPS) is 14.8. The van der Waals surface area contributed by atoms with Crippen LogP contribution in [0.4, 0.5) is 5.69 Å². The molecule has 0 saturated heterocycles. The van der Waals surface area contributed by atoms with Crippen LogP contribution in [0.2, 0.25) is 0 Å². The van der Waals surface area contributed by atoms with Crippen LogP contribution in [0, 0.1) is 0 Å². The van der Waals surface area contributed by atoms with Crippen molar-refractivity contribution in [2.24, 2.45) is 0 Å². The van der Waals surface area contributed by atoms with Gasteiger partial charge in [-0.3, -0.25) is 0 Å². The highest BCUT2D eigenvalue weighted by Gasteiger charge is 2.13. The van der Waals surface area contributed by atoms with E-state index in [1.807, 2.05) is 0 Å². The molecule has 0 aromatic heterocycles. The van der Waals surface area contributed by atoms with Crippen molar-refractivity contribution in [1.82, 2.24) is 5.32 Å². The maximum absolute atomic E-state index is 3.51. The second kappa shape index (κ2) is 6.06. The molecule has 1 aliphatic rings. The Morgan fingerprint density at radius 1 is 1.35 bits per heavy atom. The van der Waals surface area contributed by atoms with E-state index in [1.165, 1.54) is 49.0 Å². The van der Waals surface area contributed by atoms with Gasteiger partial charge in [-0.1, -0.05) is 25.5 Å². The molecule has 0 radical (unpaired) electrons. The molecule has 0 spiro atoms. The van der Waals surface area contributed by atoms with Crippen molar-refractivity contribution in [3.63, 3.8) is 0 Å². The highest BCUT2D eigenvalue weighted by molar-refractivity contribution is 5.56. The van der Waals surface area contributed by atoms with Gasteiger partial charge in [-0.05, 0) is 43.0 Å². The van der Waals surface area contributed by atoms with Crippen molar-refractivity contribution < 1.29 is 0 Å². The minimum absolute atomic E-state index is 1.01. The number of rotatable bonds is 5. The van der Waals surface area contributed by atoms with Crippen LogP contribution < -0.4 is 10.2 Å². The molecule has 0 bridgehead atoms. The van der Waals surface area contributed by atoms with Crippen molar-refractivity contribution in [1.29, 1.82) is 0 Å². The smallest absolute Gasteiger partial charge is 0.0396 e. The van der Waals surface area contributed by atoms with Crippen LogP contribution in [0.5, 0.6) is 0 Å². The Labute approximate surface area is 105 Å². The van der Waals surface area contributed by atoms with Crippen LogP contribution in [0.25, 0.3) is 0 Å². The summed E-state index contributed by atoms with van der Waals surface area (Å²) in [5.41, 5.74) is 4.37. The van der Waals surface area contributed by atoms with Gasteiger partial charge in [0.2, 0.25) is 0 Å². The lowest BCUT2D eigenvalue weighted by Crippen LogP contribution is -2.25. The van der Waals surface area contributed by atoms with E-state index in [4.69, 9.17) is 0 Å². The van der Waals surface area contributed by atoms with Crippen LogP contribution in [-0.4, -0.2) is 20.1 Å². The maximum Gasteiger partial charge on any atom is 0.0396 e. The average molecular weight is 232 g/mol. The van der Waals surface area contributed by atoms with Crippen molar-refractivity contribution in [2.45, 2.75) is 39.2 Å². The summed E-state index contributed by atoms with van der Waals surface area (Å²) in [5, 5.41) is 3.51. The molecule has 1 aliphatic heterocycles. The SMILES string of the molecule is CCCCNCc1ccc2c(c1)CCCN2C. The van der Waals surface area contributed by atoms with Gasteiger partial charge < -0.3 is 10.2 Å². The topological polar surface area (TPSA) is 15.3 Å². The minimum atomic E-state index is 1.01. The molecule has 17 heavy (non-hydrogen) atoms. The van der Waals surface area contributed by atoms with Crippen molar-refractivity contribution in [3.8, 4) is 0 Å². The Balaban J connectivity index is 1.96. The fraction of sp³-hybridized carbons (Fsp3) is 0.600. The Bertz CT molecular complexity index is 360. The van der Waals surface area contributed by atoms with E-state index < -0.39 is 0 Å². The Morgan fingerprint density at radius 2 is 2.24 bits per heavy atom. The summed E-state index contributed by atoms with van der Waals surface area (Å²) in [4.78, 5) is 2.37. The van der Waals surface area contributed by atoms with Gasteiger partial charge in [0, 0.05) is 25.8 Å². The lowest BCUT2D eigenvalue weighted by Gasteiger charge is -2.27. The van der Waals surface area contributed by atoms with E-state index in [2.05, 4.69) is 42.4 Å². The zero-order chi connectivity index (χ0) is 12.1. The van der Waals surface area contributed by atoms with Gasteiger partial charge in [0.1, 0.15) is 0 Å². The van der Waals surface area contributed by atoms with E-state index in [9.17, 15) is 0 Å². The quantitative estimate of drug-likeness (QED) is 0.785. The molecule has 0 amide bonds. The third-order valence-corrected chi connectivity index (χ3v) is 3.53. The van der Waals surface area contributed by atoms with Gasteiger partial charge in [-0.15, -0.1) is 0 Å². The first-order chi connectivity index (χ1) is 8.31. The van der Waals surface area contributed by atoms with Gasteiger partial charge in [-0.2, -0.15) is 0 Å². The number of fused-ring (bicyclic) bond motifs is 1. The highest BCUT2D eigenvalue weighted by Crippen LogP contribution is 2.26. The van der Waals surface area contributed by atoms with Gasteiger partial charge in [-0.25, -0.2) is 0 Å². The summed E-state index contributed by atoms with van der Waals surface area (Å²) in [6, 6.07) is 6.93. The van der Waals surface area contributed by atoms with Gasteiger partial charge in [0.05, 0.1) is 0 Å². The molecule has 1 heterocycles. The number of unbranched alkanes of at least 4 members (excludes halogenated alkanes) is 1. The Kier molecular flexibility index (Phi) is 4.43. The molecule has 2 heteroatoms. The first-order valence-corrected chi connectivity index (χ1v) is 6.85. The number of nitrogens with one attached hydrogen (secondary N) is 1. The monoisotopic (exact) mass is 232 g/mol. The van der Waals surface area contributed by atoms with E-state index in [0.29, 0.717) is 0 Å². The summed E-state index contributed by atoms with van der Waals surface area (Å²) >= 11 is 0. The number of nitrogens with zero attached hydrogens (tertiary/aromatic N) is 1. The predicted octanol–water partition coefficient (Wildman–Crippen LogP) is 2.96. The number of benzene rings is 1. The summed E-state index contributed by atoms with van der Waals surface area (Å²) < 4.78 is 0. The summed E-state index contributed by atoms with van der Waals surface area (Å²) in [6.07, 6.45) is 5.06. The van der Waals surface area contributed by atoms with Crippen LogP contribution >= 0.6 is 0 Å². The fourth-order valence-corrected chi connectivity index (χ4v) is 2.48. The third kappa shape index (κ3) is 3.22. The van der Waals surface area contributed by atoms with Crippen LogP contribution in [0.15, 0.2) is 18.2 Å². The number of hydrogen-bond donors (Lipinski definition) is 1. The van der Waals surface area contributed by atoms with Crippen molar-refractivity contribution >= 4 is 5.69 Å². The van der Waals surface area contributed by atoms with E-state index in [0.717, 1.165) is 13.1 Å². The largest absolute Gasteiger partial charge is 0.374 e. The van der Waals surface area contributed by atoms with Crippen molar-refractivity contribution in [2.75, 3.05) is 25.0 Å². The molecular weight excluding hydrogens is 208 g/mol. The standard InChI is InChI=1S/C15H24N2/c1-3-4-9-16-12-13-7-8-15-14(11-13)6-5-10-17(15)2/h7-8,11,16H,3-6,9-10,12H2,1-2H3. The van der Waals surface area contributed by atoms with E-state index >= 15 is 0 Å². The number of hydrogen-bond acceptors (Lipinski definition) is 2. The fourth-order valence-electron chi connectivity index (χ4n) is 2.48. The maximum atomic E-state index is 3.51. The second-order valence-electron chi connectivity index (χ2n) is 5.02. The summed E-state index contributed by atoms with van der Waals surface area (Å²) in [7, 11) is 2.19. The Morgan fingerprint density at radius 3 is 3.06 bits per heavy atom. The molecule has 1 aromatic rings. The lowest BCUT2D eigenvalue weighted by molar-refractivity contribution is 0.640. The Hall–Kier alpha value is -1.02. The van der Waals surface area contributed by atoms with E-state index in [1.54, 1.807) is 0 Å². The molecule has 2 nitrogen and oxygen atoms in total. The van der Waals surface area contributed by atoms with Crippen molar-refractivity contribution in [3.05, 3.63) is 29.3 Å². The zero-order valence-corrected chi connectivity index (χ0v) is 11.1. The van der Waals surface area contributed by atoms with Gasteiger partial charge >= 0.3 is 0 Å². The van der Waals surface area contributed by atoms with Crippen LogP contribution in [-0.2, 0) is 13.0 Å². The molecule has 0 fully saturated rings. The predicted molar refractivity (Wildman–Crippen MR) is 74.6 cm³/mol. The molecule has 1 aromatic carbocycles. The highest BCUT2D eigenvalue weighted by atomic mass is 15.1. The van der Waals surface area contributed by atoms with E-state index in [-0.39, 0.29) is 0 Å². The molecule has 1 N–H and O–H groups in total. The molecular formula is C15H24N2. The number of anilines is 1. The first kappa shape index (κ1) is 12.4. The first-order valence-electron chi connectivity index (χ1n) is 6.85. The number of aryl methyl sites for hydroxylation is 1. The van der Waals surface area contributed by atoms with Gasteiger partial charge in [0.25, 0.3) is 0 Å². The second-order valence-corrected chi connectivity index (χ2v) is 5.02. The molecule has 2 rings (SSSR count). The minimum Gasteiger partial charge on any atom is -0.374 e. The summed E-state index contributed by atoms with van der Waals surface area (Å²) in [6.45, 7) is 5.57. The van der Waals surface area contributed by atoms with Crippen LogP contribution in [0.1, 0.15) is 37.3 Å². The molecule has 0 unspecified atom stereocenters. The summed E-state index contributed by atoms with van der Waals surface area (Å²) in [5.74, 6) is 0. The lowest BCUT2D eigenvalue weighted by atomic mass is 9.99. The van der Waals surface area contributed by atoms with Crippen LogP contribution in [0.3, 0.4) is 0 Å². The third-order valence-electron chi connectivity index (χ3n) is 3.53. The molecule has 0 aliphatic carbocycles. The molecule has 0 saturated carbocycles.